The van der Waals surface area contributed by atoms with Crippen LogP contribution in [-0.2, 0) is 21.2 Å². The molecule has 0 aliphatic carbocycles. The molecule has 0 aliphatic heterocycles. The average molecular weight is 390 g/mol. The smallest absolute Gasteiger partial charge is 0.240 e. The van der Waals surface area contributed by atoms with Crippen molar-refractivity contribution in [2.24, 2.45) is 0 Å². The highest BCUT2D eigenvalue weighted by molar-refractivity contribution is 7.92. The normalized spacial score (nSPS) is 12.6. The Morgan fingerprint density at radius 2 is 1.78 bits per heavy atom. The van der Waals surface area contributed by atoms with E-state index in [0.29, 0.717) is 5.69 Å². The van der Waals surface area contributed by atoms with Crippen LogP contribution in [0, 0.1) is 6.92 Å². The maximum absolute atomic E-state index is 12.2. The van der Waals surface area contributed by atoms with Crippen LogP contribution in [0.3, 0.4) is 0 Å². The Balaban J connectivity index is 2.83. The lowest BCUT2D eigenvalue weighted by Crippen LogP contribution is -2.32. The molecule has 0 N–H and O–H groups in total. The molecule has 0 fully saturated rings. The van der Waals surface area contributed by atoms with Gasteiger partial charge in [-0.1, -0.05) is 43.7 Å². The third-order valence-corrected chi connectivity index (χ3v) is 5.85. The lowest BCUT2D eigenvalue weighted by atomic mass is 9.94. The fourth-order valence-corrected chi connectivity index (χ4v) is 3.81. The maximum Gasteiger partial charge on any atom is 0.240 e. The highest BCUT2D eigenvalue weighted by Gasteiger charge is 2.24. The van der Waals surface area contributed by atoms with Crippen LogP contribution < -0.4 is 4.31 Å². The number of aldehydes is 1. The zero-order valence-corrected chi connectivity index (χ0v) is 17.4. The minimum atomic E-state index is -3.51. The van der Waals surface area contributed by atoms with Crippen LogP contribution in [-0.4, -0.2) is 37.5 Å². The van der Waals surface area contributed by atoms with Gasteiger partial charge in [0, 0.05) is 24.1 Å². The van der Waals surface area contributed by atoms with E-state index in [9.17, 15) is 13.2 Å². The molecule has 0 saturated carbocycles. The summed E-state index contributed by atoms with van der Waals surface area (Å²) in [6.45, 7) is 8.04. The predicted octanol–water partition coefficient (Wildman–Crippen LogP) is 3.49. The SMILES string of the molecule is CCC(C)c1nc(N(CC)S(C)(=O)=O)nc(-c2ccc(C)cc2)c1CC=O. The Morgan fingerprint density at radius 3 is 2.26 bits per heavy atom. The van der Waals surface area contributed by atoms with Crippen molar-refractivity contribution in [1.29, 1.82) is 0 Å². The van der Waals surface area contributed by atoms with Gasteiger partial charge in [-0.3, -0.25) is 0 Å². The third-order valence-electron chi connectivity index (χ3n) is 4.63. The number of hydrogen-bond donors (Lipinski definition) is 0. The Bertz CT molecular complexity index is 909. The second-order valence-corrected chi connectivity index (χ2v) is 8.62. The van der Waals surface area contributed by atoms with E-state index in [1.807, 2.05) is 45.0 Å². The monoisotopic (exact) mass is 389 g/mol. The topological polar surface area (TPSA) is 80.2 Å². The summed E-state index contributed by atoms with van der Waals surface area (Å²) < 4.78 is 25.6. The van der Waals surface area contributed by atoms with Crippen molar-refractivity contribution in [3.05, 3.63) is 41.1 Å². The number of carbonyl (C=O) groups excluding carboxylic acids is 1. The van der Waals surface area contributed by atoms with Gasteiger partial charge in [0.2, 0.25) is 16.0 Å². The van der Waals surface area contributed by atoms with Gasteiger partial charge in [-0.15, -0.1) is 0 Å². The molecule has 1 heterocycles. The molecule has 7 heteroatoms. The Hall–Kier alpha value is -2.28. The molecule has 6 nitrogen and oxygen atoms in total. The lowest BCUT2D eigenvalue weighted by Gasteiger charge is -2.23. The van der Waals surface area contributed by atoms with Crippen LogP contribution in [0.25, 0.3) is 11.3 Å². The van der Waals surface area contributed by atoms with Gasteiger partial charge in [0.15, 0.2) is 0 Å². The largest absolute Gasteiger partial charge is 0.303 e. The lowest BCUT2D eigenvalue weighted by molar-refractivity contribution is -0.107. The quantitative estimate of drug-likeness (QED) is 0.646. The first-order valence-electron chi connectivity index (χ1n) is 9.12. The fourth-order valence-electron chi connectivity index (χ4n) is 2.96. The van der Waals surface area contributed by atoms with Crippen LogP contribution in [0.2, 0.25) is 0 Å². The van der Waals surface area contributed by atoms with Crippen LogP contribution in [0.5, 0.6) is 0 Å². The van der Waals surface area contributed by atoms with E-state index in [-0.39, 0.29) is 24.8 Å². The first-order valence-corrected chi connectivity index (χ1v) is 11.0. The van der Waals surface area contributed by atoms with E-state index in [0.717, 1.165) is 41.3 Å². The molecule has 1 unspecified atom stereocenters. The number of aromatic nitrogens is 2. The van der Waals surface area contributed by atoms with Crippen molar-refractivity contribution in [3.8, 4) is 11.3 Å². The van der Waals surface area contributed by atoms with Crippen molar-refractivity contribution in [3.63, 3.8) is 0 Å². The molecule has 2 aromatic rings. The average Bonchev–Trinajstić information content (AvgIpc) is 2.62. The second-order valence-electron chi connectivity index (χ2n) is 6.71. The number of aryl methyl sites for hydroxylation is 1. The number of rotatable bonds is 8. The van der Waals surface area contributed by atoms with Crippen LogP contribution in [0.4, 0.5) is 5.95 Å². The van der Waals surface area contributed by atoms with Crippen molar-refractivity contribution in [2.75, 3.05) is 17.1 Å². The standard InChI is InChI=1S/C20H27N3O3S/c1-6-15(4)18-17(12-13-24)19(16-10-8-14(3)9-11-16)22-20(21-18)23(7-2)27(5,25)26/h8-11,13,15H,6-7,12H2,1-5H3. The highest BCUT2D eigenvalue weighted by atomic mass is 32.2. The van der Waals surface area contributed by atoms with Crippen LogP contribution >= 0.6 is 0 Å². The highest BCUT2D eigenvalue weighted by Crippen LogP contribution is 2.32. The zero-order chi connectivity index (χ0) is 20.2. The van der Waals surface area contributed by atoms with Crippen molar-refractivity contribution < 1.29 is 13.2 Å². The number of nitrogens with zero attached hydrogens (tertiary/aromatic N) is 3. The summed E-state index contributed by atoms with van der Waals surface area (Å²) in [6, 6.07) is 7.82. The molecule has 0 amide bonds. The Labute approximate surface area is 161 Å². The minimum absolute atomic E-state index is 0.0733. The molecule has 1 aromatic heterocycles. The maximum atomic E-state index is 12.2. The molecule has 1 aromatic carbocycles. The number of sulfonamides is 1. The van der Waals surface area contributed by atoms with E-state index >= 15 is 0 Å². The summed E-state index contributed by atoms with van der Waals surface area (Å²) in [7, 11) is -3.51. The molecule has 0 radical (unpaired) electrons. The molecule has 2 rings (SSSR count). The van der Waals surface area contributed by atoms with Gasteiger partial charge in [0.25, 0.3) is 0 Å². The number of benzene rings is 1. The molecule has 0 aliphatic rings. The first-order chi connectivity index (χ1) is 12.7. The summed E-state index contributed by atoms with van der Waals surface area (Å²) in [5.74, 6) is 0.227. The van der Waals surface area contributed by atoms with Gasteiger partial charge in [-0.2, -0.15) is 0 Å². The summed E-state index contributed by atoms with van der Waals surface area (Å²) in [5, 5.41) is 0. The van der Waals surface area contributed by atoms with Crippen LogP contribution in [0.15, 0.2) is 24.3 Å². The molecule has 0 saturated heterocycles. The van der Waals surface area contributed by atoms with Gasteiger partial charge in [-0.25, -0.2) is 22.7 Å². The van der Waals surface area contributed by atoms with Gasteiger partial charge >= 0.3 is 0 Å². The molecule has 146 valence electrons. The third kappa shape index (κ3) is 4.71. The summed E-state index contributed by atoms with van der Waals surface area (Å²) in [4.78, 5) is 20.5. The minimum Gasteiger partial charge on any atom is -0.303 e. The summed E-state index contributed by atoms with van der Waals surface area (Å²) in [5.41, 5.74) is 4.06. The molecule has 0 spiro atoms. The number of hydrogen-bond acceptors (Lipinski definition) is 5. The van der Waals surface area contributed by atoms with Crippen LogP contribution in [0.1, 0.15) is 49.9 Å². The molecular weight excluding hydrogens is 362 g/mol. The van der Waals surface area contributed by atoms with E-state index in [1.54, 1.807) is 6.92 Å². The molecular formula is C20H27N3O3S. The van der Waals surface area contributed by atoms with Gasteiger partial charge in [-0.05, 0) is 26.2 Å². The number of carbonyl (C=O) groups is 1. The van der Waals surface area contributed by atoms with Crippen molar-refractivity contribution in [2.45, 2.75) is 46.5 Å². The molecule has 0 bridgehead atoms. The van der Waals surface area contributed by atoms with Crippen molar-refractivity contribution >= 4 is 22.3 Å². The van der Waals surface area contributed by atoms with Gasteiger partial charge in [0.05, 0.1) is 17.6 Å². The van der Waals surface area contributed by atoms with Crippen molar-refractivity contribution in [1.82, 2.24) is 9.97 Å². The second kappa shape index (κ2) is 8.61. The predicted molar refractivity (Wildman–Crippen MR) is 109 cm³/mol. The number of anilines is 1. The molecule has 1 atom stereocenters. The Kier molecular flexibility index (Phi) is 6.70. The van der Waals surface area contributed by atoms with E-state index in [1.165, 1.54) is 4.31 Å². The zero-order valence-electron chi connectivity index (χ0n) is 16.6. The van der Waals surface area contributed by atoms with E-state index in [2.05, 4.69) is 9.97 Å². The molecule has 27 heavy (non-hydrogen) atoms. The fraction of sp³-hybridized carbons (Fsp3) is 0.450. The summed E-state index contributed by atoms with van der Waals surface area (Å²) in [6.07, 6.45) is 3.00. The van der Waals surface area contributed by atoms with Gasteiger partial charge in [0.1, 0.15) is 6.29 Å². The van der Waals surface area contributed by atoms with Gasteiger partial charge < -0.3 is 4.79 Å². The van der Waals surface area contributed by atoms with E-state index in [4.69, 9.17) is 0 Å². The summed E-state index contributed by atoms with van der Waals surface area (Å²) >= 11 is 0. The van der Waals surface area contributed by atoms with E-state index < -0.39 is 10.0 Å². The first kappa shape index (κ1) is 21.0. The Morgan fingerprint density at radius 1 is 1.15 bits per heavy atom.